The summed E-state index contributed by atoms with van der Waals surface area (Å²) in [4.78, 5) is 15.6. The number of halogens is 1. The Bertz CT molecular complexity index is 1180. The molecule has 2 atom stereocenters. The first-order chi connectivity index (χ1) is 16.2. The number of sulfonamides is 1. The molecule has 1 aliphatic carbocycles. The molecule has 0 bridgehead atoms. The molecule has 186 valence electrons. The van der Waals surface area contributed by atoms with Gasteiger partial charge in [-0.2, -0.15) is 14.1 Å². The summed E-state index contributed by atoms with van der Waals surface area (Å²) >= 11 is 6.15. The molecule has 2 aliphatic rings. The van der Waals surface area contributed by atoms with Crippen LogP contribution in [0.4, 0.5) is 5.69 Å². The summed E-state index contributed by atoms with van der Waals surface area (Å²) in [7, 11) is -3.32. The van der Waals surface area contributed by atoms with Crippen molar-refractivity contribution in [2.45, 2.75) is 57.8 Å². The van der Waals surface area contributed by atoms with Crippen LogP contribution in [0.25, 0.3) is 5.69 Å². The first kappa shape index (κ1) is 25.0. The van der Waals surface area contributed by atoms with Gasteiger partial charge in [-0.15, -0.1) is 0 Å². The van der Waals surface area contributed by atoms with Crippen LogP contribution >= 0.6 is 11.6 Å². The van der Waals surface area contributed by atoms with Crippen molar-refractivity contribution >= 4 is 27.3 Å². The van der Waals surface area contributed by atoms with Gasteiger partial charge < -0.3 is 9.64 Å². The zero-order valence-electron chi connectivity index (χ0n) is 20.0. The highest BCUT2D eigenvalue weighted by atomic mass is 35.5. The van der Waals surface area contributed by atoms with Gasteiger partial charge in [0.05, 0.1) is 17.1 Å². The van der Waals surface area contributed by atoms with Gasteiger partial charge in [0.25, 0.3) is 0 Å². The van der Waals surface area contributed by atoms with Gasteiger partial charge in [0.1, 0.15) is 11.8 Å². The van der Waals surface area contributed by atoms with E-state index in [1.165, 1.54) is 15.4 Å². The van der Waals surface area contributed by atoms with Crippen molar-refractivity contribution in [2.75, 3.05) is 31.1 Å². The largest absolute Gasteiger partial charge is 0.483 e. The fourth-order valence-electron chi connectivity index (χ4n) is 4.65. The monoisotopic (exact) mass is 508 g/mol. The minimum absolute atomic E-state index is 0.0435. The Labute approximate surface area is 206 Å². The molecule has 2 fully saturated rings. The second-order valence-corrected chi connectivity index (χ2v) is 12.4. The Kier molecular flexibility index (Phi) is 7.54. The predicted octanol–water partition coefficient (Wildman–Crippen LogP) is 3.70. The fraction of sp³-hybridized carbons (Fsp3) is 0.583. The van der Waals surface area contributed by atoms with Gasteiger partial charge in [-0.05, 0) is 57.2 Å². The number of rotatable bonds is 6. The molecule has 1 aliphatic heterocycles. The normalized spacial score (nSPS) is 22.2. The van der Waals surface area contributed by atoms with Crippen molar-refractivity contribution in [3.8, 4) is 11.4 Å². The van der Waals surface area contributed by atoms with E-state index in [1.54, 1.807) is 44.3 Å². The van der Waals surface area contributed by atoms with E-state index in [2.05, 4.69) is 12.0 Å². The van der Waals surface area contributed by atoms with Crippen molar-refractivity contribution in [1.82, 2.24) is 14.1 Å². The maximum Gasteiger partial charge on any atom is 0.316 e. The van der Waals surface area contributed by atoms with E-state index in [-0.39, 0.29) is 17.4 Å². The third-order valence-electron chi connectivity index (χ3n) is 6.80. The Morgan fingerprint density at radius 2 is 1.82 bits per heavy atom. The summed E-state index contributed by atoms with van der Waals surface area (Å²) in [6.07, 6.45) is 5.82. The first-order valence-electron chi connectivity index (χ1n) is 12.0. The van der Waals surface area contributed by atoms with E-state index in [4.69, 9.17) is 16.3 Å². The number of ether oxygens (including phenoxy) is 1. The molecule has 8 nitrogen and oxygen atoms in total. The molecular weight excluding hydrogens is 476 g/mol. The van der Waals surface area contributed by atoms with Crippen LogP contribution in [0.2, 0.25) is 5.02 Å². The van der Waals surface area contributed by atoms with Gasteiger partial charge in [0.2, 0.25) is 15.8 Å². The Morgan fingerprint density at radius 1 is 1.12 bits per heavy atom. The molecular formula is C24H33ClN4O4S. The lowest BCUT2D eigenvalue weighted by molar-refractivity contribution is 0.101. The number of piperazine rings is 1. The Balaban J connectivity index is 1.68. The van der Waals surface area contributed by atoms with Crippen LogP contribution in [0.15, 0.2) is 35.3 Å². The molecule has 0 unspecified atom stereocenters. The van der Waals surface area contributed by atoms with Crippen LogP contribution in [-0.4, -0.2) is 60.0 Å². The minimum Gasteiger partial charge on any atom is -0.483 e. The lowest BCUT2D eigenvalue weighted by atomic mass is 9.88. The molecule has 1 aromatic carbocycles. The topological polar surface area (TPSA) is 84.7 Å². The molecule has 10 heteroatoms. The SMILES string of the molecule is CC(C)S(=O)(=O)N1CCN(c2cnn(-c3cccc(Cl)c3)c(=O)c2O[C@H]2CCCC[C@@H]2C)CC1. The summed E-state index contributed by atoms with van der Waals surface area (Å²) in [5.74, 6) is 0.621. The summed E-state index contributed by atoms with van der Waals surface area (Å²) in [6, 6.07) is 6.99. The maximum absolute atomic E-state index is 13.6. The van der Waals surface area contributed by atoms with Crippen molar-refractivity contribution in [2.24, 2.45) is 5.92 Å². The molecule has 2 aromatic rings. The highest BCUT2D eigenvalue weighted by Gasteiger charge is 2.32. The average molecular weight is 509 g/mol. The van der Waals surface area contributed by atoms with Crippen LogP contribution in [0.1, 0.15) is 46.5 Å². The van der Waals surface area contributed by atoms with Gasteiger partial charge in [-0.1, -0.05) is 31.0 Å². The Hall–Kier alpha value is -2.10. The van der Waals surface area contributed by atoms with Gasteiger partial charge in [0.15, 0.2) is 0 Å². The molecule has 0 N–H and O–H groups in total. The third-order valence-corrected chi connectivity index (χ3v) is 9.32. The molecule has 2 heterocycles. The second kappa shape index (κ2) is 10.3. The lowest BCUT2D eigenvalue weighted by Crippen LogP contribution is -2.51. The summed E-state index contributed by atoms with van der Waals surface area (Å²) in [5.41, 5.74) is 0.843. The van der Waals surface area contributed by atoms with Crippen molar-refractivity contribution < 1.29 is 13.2 Å². The molecule has 0 spiro atoms. The van der Waals surface area contributed by atoms with E-state index < -0.39 is 15.3 Å². The predicted molar refractivity (Wildman–Crippen MR) is 135 cm³/mol. The molecule has 0 amide bonds. The maximum atomic E-state index is 13.6. The molecule has 4 rings (SSSR count). The summed E-state index contributed by atoms with van der Waals surface area (Å²) in [6.45, 7) is 7.19. The summed E-state index contributed by atoms with van der Waals surface area (Å²) < 4.78 is 34.4. The highest BCUT2D eigenvalue weighted by molar-refractivity contribution is 7.89. The van der Waals surface area contributed by atoms with Crippen LogP contribution in [0.3, 0.4) is 0 Å². The fourth-order valence-corrected chi connectivity index (χ4v) is 6.10. The van der Waals surface area contributed by atoms with Gasteiger partial charge >= 0.3 is 5.56 Å². The zero-order valence-corrected chi connectivity index (χ0v) is 21.6. The van der Waals surface area contributed by atoms with E-state index in [0.717, 1.165) is 19.3 Å². The molecule has 0 radical (unpaired) electrons. The first-order valence-corrected chi connectivity index (χ1v) is 13.9. The van der Waals surface area contributed by atoms with E-state index in [0.29, 0.717) is 48.5 Å². The second-order valence-electron chi connectivity index (χ2n) is 9.45. The number of nitrogens with zero attached hydrogens (tertiary/aromatic N) is 4. The van der Waals surface area contributed by atoms with E-state index in [9.17, 15) is 13.2 Å². The lowest BCUT2D eigenvalue weighted by Gasteiger charge is -2.37. The Morgan fingerprint density at radius 3 is 2.47 bits per heavy atom. The molecule has 1 saturated heterocycles. The number of benzene rings is 1. The van der Waals surface area contributed by atoms with Crippen LogP contribution in [0, 0.1) is 5.92 Å². The van der Waals surface area contributed by atoms with E-state index >= 15 is 0 Å². The van der Waals surface area contributed by atoms with Gasteiger partial charge in [-0.25, -0.2) is 8.42 Å². The van der Waals surface area contributed by atoms with Crippen molar-refractivity contribution in [3.05, 3.63) is 45.8 Å². The summed E-state index contributed by atoms with van der Waals surface area (Å²) in [5, 5.41) is 4.48. The molecule has 1 saturated carbocycles. The minimum atomic E-state index is -3.32. The third kappa shape index (κ3) is 5.11. The van der Waals surface area contributed by atoms with Crippen molar-refractivity contribution in [1.29, 1.82) is 0 Å². The number of hydrogen-bond donors (Lipinski definition) is 0. The van der Waals surface area contributed by atoms with Crippen LogP contribution in [0.5, 0.6) is 5.75 Å². The van der Waals surface area contributed by atoms with Crippen LogP contribution in [-0.2, 0) is 10.0 Å². The van der Waals surface area contributed by atoms with E-state index in [1.807, 2.05) is 4.90 Å². The average Bonchev–Trinajstić information content (AvgIpc) is 2.81. The van der Waals surface area contributed by atoms with Gasteiger partial charge in [0, 0.05) is 31.2 Å². The van der Waals surface area contributed by atoms with Gasteiger partial charge in [-0.3, -0.25) is 4.79 Å². The standard InChI is InChI=1S/C24H33ClN4O4S/c1-17(2)34(31,32)28-13-11-27(12-14-28)21-16-26-29(20-9-6-8-19(25)15-20)24(30)23(21)33-22-10-5-4-7-18(22)3/h6,8-9,15-18,22H,4-5,7,10-14H2,1-3H3/t18-,22-/m0/s1. The highest BCUT2D eigenvalue weighted by Crippen LogP contribution is 2.32. The van der Waals surface area contributed by atoms with Crippen LogP contribution < -0.4 is 15.2 Å². The quantitative estimate of drug-likeness (QED) is 0.591. The number of anilines is 1. The zero-order chi connectivity index (χ0) is 24.5. The molecule has 34 heavy (non-hydrogen) atoms. The molecule has 1 aromatic heterocycles. The number of hydrogen-bond acceptors (Lipinski definition) is 6. The smallest absolute Gasteiger partial charge is 0.316 e. The van der Waals surface area contributed by atoms with Crippen molar-refractivity contribution in [3.63, 3.8) is 0 Å². The number of aromatic nitrogens is 2.